The molecule has 0 atom stereocenters. The van der Waals surface area contributed by atoms with E-state index >= 15 is 0 Å². The molecular weight excluding hydrogens is 338 g/mol. The molecule has 3 rings (SSSR count). The van der Waals surface area contributed by atoms with Crippen molar-refractivity contribution in [2.24, 2.45) is 0 Å². The molecule has 1 fully saturated rings. The number of aromatic nitrogens is 2. The number of thiophene rings is 1. The summed E-state index contributed by atoms with van der Waals surface area (Å²) in [4.78, 5) is 10.3. The number of nitrogens with one attached hydrogen (secondary N) is 1. The fourth-order valence-corrected chi connectivity index (χ4v) is 5.25. The van der Waals surface area contributed by atoms with Crippen molar-refractivity contribution >= 4 is 33.0 Å². The van der Waals surface area contributed by atoms with Crippen molar-refractivity contribution in [2.75, 3.05) is 43.4 Å². The molecule has 2 N–H and O–H groups in total. The van der Waals surface area contributed by atoms with E-state index in [9.17, 15) is 13.5 Å². The van der Waals surface area contributed by atoms with E-state index in [1.807, 2.05) is 4.90 Å². The lowest BCUT2D eigenvalue weighted by molar-refractivity contribution is 0.380. The molecule has 0 spiro atoms. The number of piperazine rings is 1. The zero-order valence-electron chi connectivity index (χ0n) is 12.5. The third-order valence-corrected chi connectivity index (χ3v) is 7.04. The summed E-state index contributed by atoms with van der Waals surface area (Å²) < 4.78 is 26.7. The summed E-state index contributed by atoms with van der Waals surface area (Å²) >= 11 is 1.02. The van der Waals surface area contributed by atoms with Gasteiger partial charge in [-0.05, 0) is 6.07 Å². The molecule has 1 aliphatic rings. The van der Waals surface area contributed by atoms with Crippen molar-refractivity contribution in [3.63, 3.8) is 0 Å². The van der Waals surface area contributed by atoms with Gasteiger partial charge >= 0.3 is 0 Å². The third kappa shape index (κ3) is 2.96. The van der Waals surface area contributed by atoms with Gasteiger partial charge in [-0.15, -0.1) is 11.3 Å². The number of rotatable bonds is 4. The molecule has 1 aliphatic heterocycles. The van der Waals surface area contributed by atoms with Crippen LogP contribution in [0.15, 0.2) is 28.0 Å². The Balaban J connectivity index is 1.75. The molecule has 23 heavy (non-hydrogen) atoms. The van der Waals surface area contributed by atoms with Crippen LogP contribution < -0.4 is 10.2 Å². The molecule has 0 bridgehead atoms. The van der Waals surface area contributed by atoms with E-state index in [-0.39, 0.29) is 9.96 Å². The predicted molar refractivity (Wildman–Crippen MR) is 88.5 cm³/mol. The fourth-order valence-electron chi connectivity index (χ4n) is 2.39. The molecule has 8 nitrogen and oxygen atoms in total. The van der Waals surface area contributed by atoms with Crippen molar-refractivity contribution in [2.45, 2.75) is 4.21 Å². The molecule has 0 aromatic carbocycles. The molecule has 0 unspecified atom stereocenters. The highest BCUT2D eigenvalue weighted by Crippen LogP contribution is 2.39. The van der Waals surface area contributed by atoms with Gasteiger partial charge in [0, 0.05) is 51.0 Å². The standard InChI is InChI=1S/C13H17N5O3S2/c1-14-10-9-22-12(11(10)19)23(20,21)18-7-5-17(6-8-18)13-15-3-2-4-16-13/h2-4,9,14,19H,5-8H2,1H3. The van der Waals surface area contributed by atoms with E-state index in [1.54, 1.807) is 30.9 Å². The summed E-state index contributed by atoms with van der Waals surface area (Å²) in [6.45, 7) is 1.67. The van der Waals surface area contributed by atoms with Crippen LogP contribution in [0.2, 0.25) is 0 Å². The van der Waals surface area contributed by atoms with Crippen molar-refractivity contribution in [1.29, 1.82) is 0 Å². The average Bonchev–Trinajstić information content (AvgIpc) is 2.97. The summed E-state index contributed by atoms with van der Waals surface area (Å²) in [5, 5.41) is 14.4. The van der Waals surface area contributed by atoms with E-state index in [1.165, 1.54) is 4.31 Å². The van der Waals surface area contributed by atoms with E-state index in [2.05, 4.69) is 15.3 Å². The van der Waals surface area contributed by atoms with Gasteiger partial charge in [-0.3, -0.25) is 0 Å². The Morgan fingerprint density at radius 1 is 1.22 bits per heavy atom. The van der Waals surface area contributed by atoms with Gasteiger partial charge in [-0.1, -0.05) is 0 Å². The van der Waals surface area contributed by atoms with E-state index in [0.29, 0.717) is 37.8 Å². The number of anilines is 2. The van der Waals surface area contributed by atoms with Crippen LogP contribution in [0, 0.1) is 0 Å². The zero-order valence-corrected chi connectivity index (χ0v) is 14.1. The Hall–Kier alpha value is -1.91. The maximum absolute atomic E-state index is 12.7. The molecule has 0 saturated carbocycles. The third-order valence-electron chi connectivity index (χ3n) is 3.65. The second-order valence-electron chi connectivity index (χ2n) is 4.98. The lowest BCUT2D eigenvalue weighted by atomic mass is 10.4. The van der Waals surface area contributed by atoms with Crippen LogP contribution in [0.25, 0.3) is 0 Å². The first-order valence-corrected chi connectivity index (χ1v) is 9.36. The molecule has 0 aliphatic carbocycles. The normalized spacial score (nSPS) is 16.5. The van der Waals surface area contributed by atoms with Gasteiger partial charge in [0.1, 0.15) is 0 Å². The summed E-state index contributed by atoms with van der Waals surface area (Å²) in [5.41, 5.74) is 0.421. The SMILES string of the molecule is CNc1csc(S(=O)(=O)N2CCN(c3ncccn3)CC2)c1O. The molecule has 3 heterocycles. The quantitative estimate of drug-likeness (QED) is 0.837. The minimum atomic E-state index is -3.69. The summed E-state index contributed by atoms with van der Waals surface area (Å²) in [6, 6.07) is 1.74. The van der Waals surface area contributed by atoms with E-state index < -0.39 is 10.0 Å². The highest BCUT2D eigenvalue weighted by atomic mass is 32.2. The van der Waals surface area contributed by atoms with E-state index in [0.717, 1.165) is 11.3 Å². The first-order chi connectivity index (χ1) is 11.0. The van der Waals surface area contributed by atoms with Gasteiger partial charge in [0.15, 0.2) is 9.96 Å². The first kappa shape index (κ1) is 16.0. The highest BCUT2D eigenvalue weighted by molar-refractivity contribution is 7.91. The Morgan fingerprint density at radius 2 is 1.87 bits per heavy atom. The first-order valence-electron chi connectivity index (χ1n) is 7.04. The number of aromatic hydroxyl groups is 1. The second kappa shape index (κ2) is 6.30. The van der Waals surface area contributed by atoms with Crippen LogP contribution >= 0.6 is 11.3 Å². The average molecular weight is 355 g/mol. The van der Waals surface area contributed by atoms with Gasteiger partial charge in [0.25, 0.3) is 10.0 Å². The summed E-state index contributed by atoms with van der Waals surface area (Å²) in [6.07, 6.45) is 3.32. The molecule has 124 valence electrons. The molecule has 2 aromatic rings. The molecule has 0 radical (unpaired) electrons. The van der Waals surface area contributed by atoms with Crippen molar-refractivity contribution in [3.05, 3.63) is 23.8 Å². The van der Waals surface area contributed by atoms with E-state index in [4.69, 9.17) is 0 Å². The van der Waals surface area contributed by atoms with Gasteiger partial charge in [0.2, 0.25) is 5.95 Å². The zero-order chi connectivity index (χ0) is 16.4. The minimum Gasteiger partial charge on any atom is -0.504 e. The summed E-state index contributed by atoms with van der Waals surface area (Å²) in [7, 11) is -2.06. The van der Waals surface area contributed by atoms with Crippen LogP contribution in [0.5, 0.6) is 5.75 Å². The Morgan fingerprint density at radius 3 is 2.43 bits per heavy atom. The fraction of sp³-hybridized carbons (Fsp3) is 0.385. The van der Waals surface area contributed by atoms with Crippen LogP contribution in [-0.2, 0) is 10.0 Å². The van der Waals surface area contributed by atoms with Crippen LogP contribution in [0.3, 0.4) is 0 Å². The van der Waals surface area contributed by atoms with Gasteiger partial charge in [0.05, 0.1) is 5.69 Å². The molecule has 2 aromatic heterocycles. The van der Waals surface area contributed by atoms with Crippen LogP contribution in [0.1, 0.15) is 0 Å². The molecule has 0 amide bonds. The molecule has 1 saturated heterocycles. The Labute approximate surface area is 138 Å². The van der Waals surface area contributed by atoms with Crippen molar-refractivity contribution in [3.8, 4) is 5.75 Å². The van der Waals surface area contributed by atoms with Gasteiger partial charge in [-0.25, -0.2) is 18.4 Å². The maximum atomic E-state index is 12.7. The summed E-state index contributed by atoms with van der Waals surface area (Å²) in [5.74, 6) is 0.382. The number of nitrogens with zero attached hydrogens (tertiary/aromatic N) is 4. The van der Waals surface area contributed by atoms with Crippen LogP contribution in [-0.4, -0.2) is 61.0 Å². The lowest BCUT2D eigenvalue weighted by Gasteiger charge is -2.33. The Kier molecular flexibility index (Phi) is 4.37. The second-order valence-corrected chi connectivity index (χ2v) is 7.99. The number of hydrogen-bond acceptors (Lipinski definition) is 8. The Bertz CT molecular complexity index is 770. The van der Waals surface area contributed by atoms with Crippen molar-refractivity contribution < 1.29 is 13.5 Å². The number of sulfonamides is 1. The van der Waals surface area contributed by atoms with Crippen molar-refractivity contribution in [1.82, 2.24) is 14.3 Å². The van der Waals surface area contributed by atoms with Gasteiger partial charge in [-0.2, -0.15) is 4.31 Å². The highest BCUT2D eigenvalue weighted by Gasteiger charge is 2.33. The molecule has 10 heteroatoms. The lowest BCUT2D eigenvalue weighted by Crippen LogP contribution is -2.49. The predicted octanol–water partition coefficient (Wildman–Crippen LogP) is 0.796. The molecular formula is C13H17N5O3S2. The van der Waals surface area contributed by atoms with Gasteiger partial charge < -0.3 is 15.3 Å². The topological polar surface area (TPSA) is 98.7 Å². The number of hydrogen-bond donors (Lipinski definition) is 2. The maximum Gasteiger partial charge on any atom is 0.256 e. The minimum absolute atomic E-state index is 0.0220. The largest absolute Gasteiger partial charge is 0.504 e. The smallest absolute Gasteiger partial charge is 0.256 e. The monoisotopic (exact) mass is 355 g/mol. The van der Waals surface area contributed by atoms with Crippen LogP contribution in [0.4, 0.5) is 11.6 Å².